The van der Waals surface area contributed by atoms with Gasteiger partial charge in [-0.1, -0.05) is 62.0 Å². The van der Waals surface area contributed by atoms with Crippen LogP contribution in [0.5, 0.6) is 5.75 Å². The van der Waals surface area contributed by atoms with E-state index in [2.05, 4.69) is 59.7 Å². The van der Waals surface area contributed by atoms with Gasteiger partial charge >= 0.3 is 0 Å². The second-order valence-corrected chi connectivity index (χ2v) is 10.0. The van der Waals surface area contributed by atoms with Crippen LogP contribution in [0.2, 0.25) is 0 Å². The highest BCUT2D eigenvalue weighted by Gasteiger charge is 2.25. The molecule has 1 heterocycles. The molecule has 2 aromatic carbocycles. The van der Waals surface area contributed by atoms with Crippen LogP contribution in [-0.2, 0) is 17.8 Å². The lowest BCUT2D eigenvalue weighted by Crippen LogP contribution is -2.36. The largest absolute Gasteiger partial charge is 0.486 e. The highest BCUT2D eigenvalue weighted by atomic mass is 32.2. The molecule has 1 aromatic heterocycles. The van der Waals surface area contributed by atoms with Gasteiger partial charge in [-0.05, 0) is 60.9 Å². The number of carbonyl (C=O) groups excluding carboxylic acids is 1. The number of ether oxygens (including phenoxy) is 1. The number of nitrogen functional groups attached to an aromatic ring is 1. The molecule has 0 saturated heterocycles. The third kappa shape index (κ3) is 5.50. The summed E-state index contributed by atoms with van der Waals surface area (Å²) in [6.45, 7) is 6.36. The first-order chi connectivity index (χ1) is 15.9. The highest BCUT2D eigenvalue weighted by molar-refractivity contribution is 8.00. The summed E-state index contributed by atoms with van der Waals surface area (Å²) in [4.78, 5) is 12.9. The number of nitrogens with two attached hydrogens (primary N) is 1. The highest BCUT2D eigenvalue weighted by Crippen LogP contribution is 2.30. The normalized spacial score (nSPS) is 16.3. The summed E-state index contributed by atoms with van der Waals surface area (Å²) in [5, 5.41) is 11.6. The number of rotatable bonds is 8. The first kappa shape index (κ1) is 23.2. The van der Waals surface area contributed by atoms with Crippen molar-refractivity contribution >= 4 is 17.7 Å². The first-order valence-electron chi connectivity index (χ1n) is 11.4. The molecule has 4 rings (SSSR count). The van der Waals surface area contributed by atoms with Gasteiger partial charge < -0.3 is 15.9 Å². The van der Waals surface area contributed by atoms with Gasteiger partial charge in [0.05, 0.1) is 11.3 Å². The van der Waals surface area contributed by atoms with Crippen molar-refractivity contribution in [2.75, 3.05) is 5.84 Å². The molecule has 0 aliphatic heterocycles. The van der Waals surface area contributed by atoms with Crippen molar-refractivity contribution in [2.45, 2.75) is 69.0 Å². The molecule has 0 radical (unpaired) electrons. The number of carbonyl (C=O) groups is 1. The fourth-order valence-corrected chi connectivity index (χ4v) is 4.79. The molecule has 7 nitrogen and oxygen atoms in total. The Morgan fingerprint density at radius 3 is 2.70 bits per heavy atom. The van der Waals surface area contributed by atoms with E-state index in [1.807, 2.05) is 25.1 Å². The summed E-state index contributed by atoms with van der Waals surface area (Å²) in [5.74, 6) is 7.87. The van der Waals surface area contributed by atoms with Crippen molar-refractivity contribution in [3.05, 3.63) is 71.0 Å². The minimum atomic E-state index is -0.358. The predicted octanol–water partition coefficient (Wildman–Crippen LogP) is 4.37. The van der Waals surface area contributed by atoms with Gasteiger partial charge in [-0.15, -0.1) is 10.2 Å². The molecule has 33 heavy (non-hydrogen) atoms. The Labute approximate surface area is 199 Å². The van der Waals surface area contributed by atoms with Crippen molar-refractivity contribution in [1.29, 1.82) is 0 Å². The lowest BCUT2D eigenvalue weighted by molar-refractivity contribution is -0.121. The summed E-state index contributed by atoms with van der Waals surface area (Å²) in [7, 11) is 0. The average molecular weight is 466 g/mol. The van der Waals surface area contributed by atoms with Gasteiger partial charge in [0.1, 0.15) is 12.4 Å². The molecule has 2 atom stereocenters. The molecule has 0 spiro atoms. The average Bonchev–Trinajstić information content (AvgIpc) is 3.17. The van der Waals surface area contributed by atoms with Gasteiger partial charge in [0.2, 0.25) is 11.1 Å². The van der Waals surface area contributed by atoms with Crippen LogP contribution in [0.4, 0.5) is 0 Å². The molecule has 1 amide bonds. The summed E-state index contributed by atoms with van der Waals surface area (Å²) >= 11 is 1.29. The zero-order valence-corrected chi connectivity index (χ0v) is 20.1. The van der Waals surface area contributed by atoms with E-state index in [1.54, 1.807) is 0 Å². The summed E-state index contributed by atoms with van der Waals surface area (Å²) in [6, 6.07) is 16.4. The Morgan fingerprint density at radius 2 is 1.94 bits per heavy atom. The number of nitrogens with one attached hydrogen (secondary N) is 1. The molecule has 0 bridgehead atoms. The summed E-state index contributed by atoms with van der Waals surface area (Å²) < 4.78 is 7.21. The number of nitrogens with zero attached hydrogens (tertiary/aromatic N) is 3. The Morgan fingerprint density at radius 1 is 1.18 bits per heavy atom. The third-order valence-corrected chi connectivity index (χ3v) is 7.04. The Balaban J connectivity index is 1.33. The van der Waals surface area contributed by atoms with E-state index >= 15 is 0 Å². The topological polar surface area (TPSA) is 95.1 Å². The minimum absolute atomic E-state index is 0.0345. The molecule has 1 aliphatic rings. The van der Waals surface area contributed by atoms with Gasteiger partial charge in [0, 0.05) is 0 Å². The fourth-order valence-electron chi connectivity index (χ4n) is 3.99. The van der Waals surface area contributed by atoms with Crippen LogP contribution < -0.4 is 15.9 Å². The Hall–Kier alpha value is -3.00. The van der Waals surface area contributed by atoms with E-state index < -0.39 is 0 Å². The predicted molar refractivity (Wildman–Crippen MR) is 131 cm³/mol. The molecule has 0 fully saturated rings. The quantitative estimate of drug-likeness (QED) is 0.379. The monoisotopic (exact) mass is 465 g/mol. The lowest BCUT2D eigenvalue weighted by Gasteiger charge is -2.27. The minimum Gasteiger partial charge on any atom is -0.486 e. The Bertz CT molecular complexity index is 1100. The van der Waals surface area contributed by atoms with Gasteiger partial charge in [-0.2, -0.15) is 0 Å². The number of amides is 1. The molecular weight excluding hydrogens is 434 g/mol. The number of thioether (sulfide) groups is 1. The molecule has 0 saturated carbocycles. The van der Waals surface area contributed by atoms with Crippen LogP contribution in [0, 0.1) is 0 Å². The van der Waals surface area contributed by atoms with Crippen LogP contribution in [0.15, 0.2) is 53.7 Å². The maximum Gasteiger partial charge on any atom is 0.233 e. The number of aryl methyl sites for hydroxylation is 1. The maximum absolute atomic E-state index is 12.9. The van der Waals surface area contributed by atoms with Gasteiger partial charge in [0.25, 0.3) is 0 Å². The van der Waals surface area contributed by atoms with Crippen LogP contribution in [0.3, 0.4) is 0 Å². The second-order valence-electron chi connectivity index (χ2n) is 8.69. The lowest BCUT2D eigenvalue weighted by atomic mass is 9.88. The fraction of sp³-hybridized carbons (Fsp3) is 0.400. The Kier molecular flexibility index (Phi) is 7.23. The van der Waals surface area contributed by atoms with Gasteiger partial charge in [-0.25, -0.2) is 4.68 Å². The van der Waals surface area contributed by atoms with Crippen molar-refractivity contribution in [1.82, 2.24) is 20.2 Å². The smallest absolute Gasteiger partial charge is 0.233 e. The molecule has 8 heteroatoms. The molecule has 3 aromatic rings. The van der Waals surface area contributed by atoms with Crippen molar-refractivity contribution in [2.24, 2.45) is 0 Å². The zero-order valence-electron chi connectivity index (χ0n) is 19.3. The van der Waals surface area contributed by atoms with Crippen molar-refractivity contribution < 1.29 is 9.53 Å². The van der Waals surface area contributed by atoms with Crippen LogP contribution in [-0.4, -0.2) is 26.0 Å². The van der Waals surface area contributed by atoms with E-state index in [1.165, 1.54) is 33.1 Å². The standard InChI is InChI=1S/C25H31N5O2S/c1-16(2)18-11-13-20(14-12-18)32-15-23-28-29-25(30(23)26)33-17(3)24(31)27-22-10-6-8-19-7-4-5-9-21(19)22/h4-5,7,9,11-14,16-17,22H,6,8,10,15,26H2,1-3H3,(H,27,31)/t17-,22-/m0/s1. The zero-order chi connectivity index (χ0) is 23.4. The molecule has 3 N–H and O–H groups in total. The number of hydrogen-bond donors (Lipinski definition) is 2. The molecular formula is C25H31N5O2S. The van der Waals surface area contributed by atoms with Crippen molar-refractivity contribution in [3.63, 3.8) is 0 Å². The molecule has 1 aliphatic carbocycles. The summed E-state index contributed by atoms with van der Waals surface area (Å²) in [5.41, 5.74) is 3.80. The number of hydrogen-bond acceptors (Lipinski definition) is 6. The summed E-state index contributed by atoms with van der Waals surface area (Å²) in [6.07, 6.45) is 3.09. The number of aromatic nitrogens is 3. The maximum atomic E-state index is 12.9. The third-order valence-electron chi connectivity index (χ3n) is 5.99. The van der Waals surface area contributed by atoms with E-state index in [-0.39, 0.29) is 23.8 Å². The van der Waals surface area contributed by atoms with Gasteiger partial charge in [-0.3, -0.25) is 4.79 Å². The second kappa shape index (κ2) is 10.3. The van der Waals surface area contributed by atoms with Crippen molar-refractivity contribution in [3.8, 4) is 5.75 Å². The molecule has 174 valence electrons. The SMILES string of the molecule is CC(C)c1ccc(OCc2nnc(S[C@@H](C)C(=O)N[C@H]3CCCc4ccccc43)n2N)cc1. The number of benzene rings is 2. The van der Waals surface area contributed by atoms with E-state index in [0.717, 1.165) is 25.0 Å². The van der Waals surface area contributed by atoms with E-state index in [0.29, 0.717) is 16.9 Å². The number of fused-ring (bicyclic) bond motifs is 1. The van der Waals surface area contributed by atoms with E-state index in [4.69, 9.17) is 10.6 Å². The molecule has 0 unspecified atom stereocenters. The van der Waals surface area contributed by atoms with E-state index in [9.17, 15) is 4.79 Å². The van der Waals surface area contributed by atoms with Crippen LogP contribution in [0.1, 0.15) is 68.1 Å². The van der Waals surface area contributed by atoms with Crippen LogP contribution in [0.25, 0.3) is 0 Å². The first-order valence-corrected chi connectivity index (χ1v) is 12.3. The van der Waals surface area contributed by atoms with Crippen LogP contribution >= 0.6 is 11.8 Å². The van der Waals surface area contributed by atoms with Gasteiger partial charge in [0.15, 0.2) is 5.82 Å².